The van der Waals surface area contributed by atoms with Gasteiger partial charge in [-0.05, 0) is 98.7 Å². The Morgan fingerprint density at radius 3 is 2.14 bits per heavy atom. The van der Waals surface area contributed by atoms with Gasteiger partial charge in [0.25, 0.3) is 0 Å². The number of hydrogen-bond acceptors (Lipinski definition) is 5. The fraction of sp³-hybridized carbons (Fsp3) is 0.867. The zero-order valence-corrected chi connectivity index (χ0v) is 23.1. The molecule has 208 valence electrons. The van der Waals surface area contributed by atoms with Crippen LogP contribution in [0.2, 0.25) is 0 Å². The van der Waals surface area contributed by atoms with Gasteiger partial charge in [-0.2, -0.15) is 0 Å². The Labute approximate surface area is 220 Å². The molecule has 0 spiro atoms. The minimum absolute atomic E-state index is 0.0318. The molecule has 0 heterocycles. The van der Waals surface area contributed by atoms with Crippen LogP contribution in [0.3, 0.4) is 0 Å². The highest BCUT2D eigenvalue weighted by atomic mass is 16.4. The maximum Gasteiger partial charge on any atom is 0.312 e. The lowest BCUT2D eigenvalue weighted by Crippen LogP contribution is -2.66. The van der Waals surface area contributed by atoms with Crippen molar-refractivity contribution in [2.24, 2.45) is 50.2 Å². The van der Waals surface area contributed by atoms with E-state index in [-0.39, 0.29) is 41.6 Å². The van der Waals surface area contributed by atoms with Crippen molar-refractivity contribution >= 4 is 11.9 Å². The normalized spacial score (nSPS) is 55.1. The summed E-state index contributed by atoms with van der Waals surface area (Å²) in [6.45, 7) is 10.6. The van der Waals surface area contributed by atoms with Crippen molar-refractivity contribution in [3.8, 4) is 0 Å². The predicted molar refractivity (Wildman–Crippen MR) is 137 cm³/mol. The van der Waals surface area contributed by atoms with E-state index in [4.69, 9.17) is 0 Å². The fourth-order valence-electron chi connectivity index (χ4n) is 10.7. The first-order chi connectivity index (χ1) is 17.1. The number of carboxylic acid groups (broad SMARTS) is 2. The zero-order chi connectivity index (χ0) is 27.4. The molecular formula is C30H46O7. The Morgan fingerprint density at radius 1 is 0.865 bits per heavy atom. The third-order valence-corrected chi connectivity index (χ3v) is 13.6. The van der Waals surface area contributed by atoms with Gasteiger partial charge in [0.05, 0.1) is 29.6 Å². The van der Waals surface area contributed by atoms with Crippen LogP contribution in [-0.4, -0.2) is 56.3 Å². The van der Waals surface area contributed by atoms with Gasteiger partial charge in [0.15, 0.2) is 0 Å². The third-order valence-electron chi connectivity index (χ3n) is 13.6. The van der Waals surface area contributed by atoms with Gasteiger partial charge < -0.3 is 25.5 Å². The molecule has 0 aromatic heterocycles. The standard InChI is InChI=1S/C30H46O7/c1-25-10-9-21(32)27(3,16-31)19(25)8-11-29(5)20(25)7-6-17-18-14-26(2,23(34)35)22(33)15-30(18,24(36)37)13-12-28(17,29)4/h6,18-22,31-33H,7-16H2,1-5H3,(H,34,35)(H,36,37)/t18-,19+,20+,21-,22-,25-,26-,27+,28+,29+,30+/m0/s1. The number of fused-ring (bicyclic) bond motifs is 7. The average Bonchev–Trinajstić information content (AvgIpc) is 2.83. The molecule has 5 rings (SSSR count). The molecule has 0 aromatic carbocycles. The maximum absolute atomic E-state index is 12.8. The molecule has 37 heavy (non-hydrogen) atoms. The first kappa shape index (κ1) is 27.1. The highest BCUT2D eigenvalue weighted by molar-refractivity contribution is 5.80. The molecule has 4 fully saturated rings. The molecule has 5 aliphatic carbocycles. The van der Waals surface area contributed by atoms with Gasteiger partial charge in [-0.3, -0.25) is 9.59 Å². The van der Waals surface area contributed by atoms with Gasteiger partial charge in [0.1, 0.15) is 0 Å². The van der Waals surface area contributed by atoms with Crippen molar-refractivity contribution in [3.05, 3.63) is 11.6 Å². The van der Waals surface area contributed by atoms with Crippen LogP contribution in [0.1, 0.15) is 92.4 Å². The van der Waals surface area contributed by atoms with E-state index in [1.165, 1.54) is 0 Å². The summed E-state index contributed by atoms with van der Waals surface area (Å²) >= 11 is 0. The van der Waals surface area contributed by atoms with Gasteiger partial charge in [-0.25, -0.2) is 0 Å². The summed E-state index contributed by atoms with van der Waals surface area (Å²) < 4.78 is 0. The summed E-state index contributed by atoms with van der Waals surface area (Å²) in [7, 11) is 0. The summed E-state index contributed by atoms with van der Waals surface area (Å²) in [6, 6.07) is 0. The molecular weight excluding hydrogens is 472 g/mol. The average molecular weight is 519 g/mol. The van der Waals surface area contributed by atoms with E-state index in [0.717, 1.165) is 31.3 Å². The number of aliphatic hydroxyl groups excluding tert-OH is 3. The maximum atomic E-state index is 12.8. The van der Waals surface area contributed by atoms with Gasteiger partial charge in [0, 0.05) is 5.41 Å². The van der Waals surface area contributed by atoms with E-state index in [1.54, 1.807) is 6.92 Å². The highest BCUT2D eigenvalue weighted by Crippen LogP contribution is 2.75. The van der Waals surface area contributed by atoms with E-state index in [0.29, 0.717) is 25.2 Å². The lowest BCUT2D eigenvalue weighted by molar-refractivity contribution is -0.219. The van der Waals surface area contributed by atoms with Crippen LogP contribution in [0.5, 0.6) is 0 Å². The van der Waals surface area contributed by atoms with Crippen LogP contribution in [0.4, 0.5) is 0 Å². The summed E-state index contributed by atoms with van der Waals surface area (Å²) in [5.74, 6) is -1.89. The van der Waals surface area contributed by atoms with Crippen molar-refractivity contribution in [2.75, 3.05) is 6.61 Å². The summed E-state index contributed by atoms with van der Waals surface area (Å²) in [5.41, 5.74) is -2.41. The quantitative estimate of drug-likeness (QED) is 0.353. The molecule has 0 aliphatic heterocycles. The Kier molecular flexibility index (Phi) is 5.90. The number of rotatable bonds is 3. The smallest absolute Gasteiger partial charge is 0.312 e. The van der Waals surface area contributed by atoms with Crippen molar-refractivity contribution in [2.45, 2.75) is 105 Å². The number of aliphatic hydroxyl groups is 3. The molecule has 0 unspecified atom stereocenters. The first-order valence-corrected chi connectivity index (χ1v) is 14.2. The molecule has 5 N–H and O–H groups in total. The Balaban J connectivity index is 1.61. The molecule has 11 atom stereocenters. The third kappa shape index (κ3) is 3.11. The van der Waals surface area contributed by atoms with Gasteiger partial charge in [-0.1, -0.05) is 39.3 Å². The SMILES string of the molecule is C[C@]12CC[C@H](O)[C@](C)(CO)[C@@H]1CC[C@]1(C)[C@@H]2CC=C2[C@@H]3C[C@](C)(C(=O)O)[C@@H](O)C[C@]3(C(=O)O)CC[C@]21C. The zero-order valence-electron chi connectivity index (χ0n) is 23.1. The molecule has 0 bridgehead atoms. The largest absolute Gasteiger partial charge is 0.481 e. The second-order valence-electron chi connectivity index (χ2n) is 14.7. The van der Waals surface area contributed by atoms with Crippen molar-refractivity contribution in [1.29, 1.82) is 0 Å². The minimum Gasteiger partial charge on any atom is -0.481 e. The monoisotopic (exact) mass is 518 g/mol. The predicted octanol–water partition coefficient (Wildman–Crippen LogP) is 4.24. The number of carboxylic acids is 2. The lowest BCUT2D eigenvalue weighted by Gasteiger charge is -2.71. The second kappa shape index (κ2) is 8.04. The minimum atomic E-state index is -1.38. The highest BCUT2D eigenvalue weighted by Gasteiger charge is 2.71. The van der Waals surface area contributed by atoms with Gasteiger partial charge >= 0.3 is 11.9 Å². The molecule has 5 aliphatic rings. The molecule has 7 nitrogen and oxygen atoms in total. The number of hydrogen-bond donors (Lipinski definition) is 5. The van der Waals surface area contributed by atoms with E-state index in [2.05, 4.69) is 26.8 Å². The van der Waals surface area contributed by atoms with Crippen molar-refractivity contribution in [3.63, 3.8) is 0 Å². The summed E-state index contributed by atoms with van der Waals surface area (Å²) in [4.78, 5) is 25.1. The topological polar surface area (TPSA) is 135 Å². The van der Waals surface area contributed by atoms with E-state index in [9.17, 15) is 35.1 Å². The Bertz CT molecular complexity index is 1040. The Morgan fingerprint density at radius 2 is 1.54 bits per heavy atom. The van der Waals surface area contributed by atoms with Crippen LogP contribution in [-0.2, 0) is 9.59 Å². The van der Waals surface area contributed by atoms with Crippen LogP contribution in [0.15, 0.2) is 11.6 Å². The summed E-state index contributed by atoms with van der Waals surface area (Å²) in [6.07, 6.45) is 5.97. The van der Waals surface area contributed by atoms with E-state index >= 15 is 0 Å². The molecule has 0 aromatic rings. The second-order valence-corrected chi connectivity index (χ2v) is 14.7. The van der Waals surface area contributed by atoms with Crippen molar-refractivity contribution in [1.82, 2.24) is 0 Å². The lowest BCUT2D eigenvalue weighted by atomic mass is 9.33. The van der Waals surface area contributed by atoms with Crippen molar-refractivity contribution < 1.29 is 35.1 Å². The molecule has 0 amide bonds. The van der Waals surface area contributed by atoms with Crippen LogP contribution in [0, 0.1) is 50.2 Å². The van der Waals surface area contributed by atoms with Crippen LogP contribution < -0.4 is 0 Å². The van der Waals surface area contributed by atoms with Gasteiger partial charge in [-0.15, -0.1) is 0 Å². The van der Waals surface area contributed by atoms with E-state index < -0.39 is 46.3 Å². The summed E-state index contributed by atoms with van der Waals surface area (Å²) in [5, 5.41) is 52.8. The number of allylic oxidation sites excluding steroid dienone is 2. The molecule has 0 saturated heterocycles. The first-order valence-electron chi connectivity index (χ1n) is 14.2. The van der Waals surface area contributed by atoms with Crippen LogP contribution >= 0.6 is 0 Å². The van der Waals surface area contributed by atoms with Gasteiger partial charge in [0.2, 0.25) is 0 Å². The molecule has 4 saturated carbocycles. The molecule has 0 radical (unpaired) electrons. The molecule has 7 heteroatoms. The Hall–Kier alpha value is -1.44. The number of carbonyl (C=O) groups is 2. The fourth-order valence-corrected chi connectivity index (χ4v) is 10.7. The number of aliphatic carboxylic acids is 2. The van der Waals surface area contributed by atoms with Crippen LogP contribution in [0.25, 0.3) is 0 Å². The van der Waals surface area contributed by atoms with E-state index in [1.807, 2.05) is 6.92 Å².